The molecular weight excluding hydrogens is 326 g/mol. The molecule has 0 aromatic heterocycles. The van der Waals surface area contributed by atoms with Gasteiger partial charge in [-0.3, -0.25) is 4.79 Å². The van der Waals surface area contributed by atoms with Gasteiger partial charge in [-0.15, -0.1) is 0 Å². The van der Waals surface area contributed by atoms with Crippen LogP contribution >= 0.6 is 11.6 Å². The first kappa shape index (κ1) is 18.3. The van der Waals surface area contributed by atoms with Gasteiger partial charge in [0.15, 0.2) is 6.61 Å². The van der Waals surface area contributed by atoms with Crippen molar-refractivity contribution >= 4 is 17.5 Å². The molecule has 24 heavy (non-hydrogen) atoms. The molecule has 0 aliphatic rings. The first-order chi connectivity index (χ1) is 11.6. The normalized spacial score (nSPS) is 10.5. The summed E-state index contributed by atoms with van der Waals surface area (Å²) in [7, 11) is 0. The molecule has 1 amide bonds. The molecule has 5 heteroatoms. The summed E-state index contributed by atoms with van der Waals surface area (Å²) in [5, 5.41) is 9.85. The topological polar surface area (TPSA) is 49.8 Å². The molecule has 128 valence electrons. The lowest BCUT2D eigenvalue weighted by molar-refractivity contribution is -0.133. The van der Waals surface area contributed by atoms with Crippen molar-refractivity contribution in [2.75, 3.05) is 26.3 Å². The SMILES string of the molecule is Cc1cc(OCC(=O)N(CCO)CCc2ccccc2)ccc1Cl. The number of amides is 1. The number of ether oxygens (including phenoxy) is 1. The molecule has 2 aromatic rings. The standard InChI is InChI=1S/C19H22ClNO3/c1-15-13-17(7-8-18(15)20)24-14-19(23)21(11-12-22)10-9-16-5-3-2-4-6-16/h2-8,13,22H,9-12,14H2,1H3. The molecule has 0 spiro atoms. The zero-order valence-corrected chi connectivity index (χ0v) is 14.5. The van der Waals surface area contributed by atoms with E-state index < -0.39 is 0 Å². The highest BCUT2D eigenvalue weighted by atomic mass is 35.5. The Hall–Kier alpha value is -2.04. The molecule has 0 saturated carbocycles. The minimum atomic E-state index is -0.146. The van der Waals surface area contributed by atoms with E-state index in [0.29, 0.717) is 23.9 Å². The average molecular weight is 348 g/mol. The average Bonchev–Trinajstić information content (AvgIpc) is 2.60. The summed E-state index contributed by atoms with van der Waals surface area (Å²) in [5.74, 6) is 0.463. The molecule has 0 heterocycles. The molecule has 4 nitrogen and oxygen atoms in total. The van der Waals surface area contributed by atoms with Crippen LogP contribution in [-0.4, -0.2) is 42.2 Å². The predicted octanol–water partition coefficient (Wildman–Crippen LogP) is 3.09. The van der Waals surface area contributed by atoms with Gasteiger partial charge in [-0.05, 0) is 42.7 Å². The molecule has 0 aliphatic carbocycles. The van der Waals surface area contributed by atoms with Gasteiger partial charge in [0.1, 0.15) is 5.75 Å². The van der Waals surface area contributed by atoms with E-state index in [4.69, 9.17) is 16.3 Å². The highest BCUT2D eigenvalue weighted by Gasteiger charge is 2.14. The molecule has 0 radical (unpaired) electrons. The van der Waals surface area contributed by atoms with Crippen LogP contribution in [0.25, 0.3) is 0 Å². The Balaban J connectivity index is 1.89. The predicted molar refractivity (Wildman–Crippen MR) is 95.5 cm³/mol. The van der Waals surface area contributed by atoms with E-state index in [1.807, 2.05) is 37.3 Å². The second-order valence-corrected chi connectivity index (χ2v) is 5.95. The lowest BCUT2D eigenvalue weighted by Crippen LogP contribution is -2.38. The minimum Gasteiger partial charge on any atom is -0.484 e. The molecule has 0 aliphatic heterocycles. The maximum Gasteiger partial charge on any atom is 0.260 e. The number of aliphatic hydroxyl groups excluding tert-OH is 1. The monoisotopic (exact) mass is 347 g/mol. The van der Waals surface area contributed by atoms with Crippen LogP contribution in [0.1, 0.15) is 11.1 Å². The van der Waals surface area contributed by atoms with Gasteiger partial charge in [0, 0.05) is 18.1 Å². The van der Waals surface area contributed by atoms with Gasteiger partial charge >= 0.3 is 0 Å². The lowest BCUT2D eigenvalue weighted by Gasteiger charge is -2.22. The Morgan fingerprint density at radius 3 is 2.58 bits per heavy atom. The Labute approximate surface area is 147 Å². The van der Waals surface area contributed by atoms with E-state index in [2.05, 4.69) is 0 Å². The summed E-state index contributed by atoms with van der Waals surface area (Å²) >= 11 is 5.98. The van der Waals surface area contributed by atoms with Crippen molar-refractivity contribution in [2.45, 2.75) is 13.3 Å². The smallest absolute Gasteiger partial charge is 0.260 e. The number of rotatable bonds is 8. The van der Waals surface area contributed by atoms with Crippen LogP contribution in [0, 0.1) is 6.92 Å². The fraction of sp³-hybridized carbons (Fsp3) is 0.316. The van der Waals surface area contributed by atoms with Gasteiger partial charge in [0.25, 0.3) is 5.91 Å². The first-order valence-corrected chi connectivity index (χ1v) is 8.29. The third-order valence-corrected chi connectivity index (χ3v) is 4.15. The van der Waals surface area contributed by atoms with E-state index in [1.165, 1.54) is 0 Å². The zero-order chi connectivity index (χ0) is 17.4. The lowest BCUT2D eigenvalue weighted by atomic mass is 10.1. The van der Waals surface area contributed by atoms with Crippen LogP contribution in [0.4, 0.5) is 0 Å². The molecular formula is C19H22ClNO3. The van der Waals surface area contributed by atoms with E-state index in [9.17, 15) is 9.90 Å². The molecule has 2 rings (SSSR count). The maximum absolute atomic E-state index is 12.3. The second kappa shape index (κ2) is 9.30. The Morgan fingerprint density at radius 2 is 1.92 bits per heavy atom. The number of benzene rings is 2. The van der Waals surface area contributed by atoms with Crippen LogP contribution in [-0.2, 0) is 11.2 Å². The van der Waals surface area contributed by atoms with Gasteiger partial charge in [0.2, 0.25) is 0 Å². The van der Waals surface area contributed by atoms with E-state index in [-0.39, 0.29) is 19.1 Å². The van der Waals surface area contributed by atoms with Gasteiger partial charge in [-0.25, -0.2) is 0 Å². The number of aryl methyl sites for hydroxylation is 1. The molecule has 2 aromatic carbocycles. The maximum atomic E-state index is 12.3. The zero-order valence-electron chi connectivity index (χ0n) is 13.7. The summed E-state index contributed by atoms with van der Waals surface area (Å²) in [5.41, 5.74) is 2.06. The number of hydrogen-bond donors (Lipinski definition) is 1. The van der Waals surface area contributed by atoms with Crippen LogP contribution in [0.15, 0.2) is 48.5 Å². The Bertz CT molecular complexity index is 661. The third-order valence-electron chi connectivity index (χ3n) is 3.73. The number of nitrogens with zero attached hydrogens (tertiary/aromatic N) is 1. The van der Waals surface area contributed by atoms with Crippen LogP contribution in [0.5, 0.6) is 5.75 Å². The van der Waals surface area contributed by atoms with Gasteiger partial charge in [0.05, 0.1) is 6.61 Å². The van der Waals surface area contributed by atoms with Crippen molar-refractivity contribution in [2.24, 2.45) is 0 Å². The van der Waals surface area contributed by atoms with Crippen molar-refractivity contribution in [1.82, 2.24) is 4.90 Å². The summed E-state index contributed by atoms with van der Waals surface area (Å²) in [6, 6.07) is 15.2. The fourth-order valence-electron chi connectivity index (χ4n) is 2.33. The minimum absolute atomic E-state index is 0.0597. The van der Waals surface area contributed by atoms with E-state index >= 15 is 0 Å². The number of halogens is 1. The van der Waals surface area contributed by atoms with Crippen LogP contribution < -0.4 is 4.74 Å². The number of aliphatic hydroxyl groups is 1. The Morgan fingerprint density at radius 1 is 1.17 bits per heavy atom. The molecule has 0 fully saturated rings. The number of hydrogen-bond acceptors (Lipinski definition) is 3. The summed E-state index contributed by atoms with van der Waals surface area (Å²) in [6.07, 6.45) is 0.743. The summed E-state index contributed by atoms with van der Waals surface area (Å²) < 4.78 is 5.55. The van der Waals surface area contributed by atoms with E-state index in [0.717, 1.165) is 17.5 Å². The van der Waals surface area contributed by atoms with Crippen LogP contribution in [0.3, 0.4) is 0 Å². The Kier molecular flexibility index (Phi) is 7.09. The molecule has 0 unspecified atom stereocenters. The highest BCUT2D eigenvalue weighted by Crippen LogP contribution is 2.21. The van der Waals surface area contributed by atoms with Crippen molar-refractivity contribution in [3.8, 4) is 5.75 Å². The number of carbonyl (C=O) groups excluding carboxylic acids is 1. The summed E-state index contributed by atoms with van der Waals surface area (Å²) in [4.78, 5) is 14.0. The van der Waals surface area contributed by atoms with Gasteiger partial charge in [-0.1, -0.05) is 41.9 Å². The summed E-state index contributed by atoms with van der Waals surface area (Å²) in [6.45, 7) is 2.60. The largest absolute Gasteiger partial charge is 0.484 e. The van der Waals surface area contributed by atoms with Gasteiger partial charge < -0.3 is 14.7 Å². The van der Waals surface area contributed by atoms with Crippen LogP contribution in [0.2, 0.25) is 5.02 Å². The van der Waals surface area contributed by atoms with Crippen molar-refractivity contribution in [1.29, 1.82) is 0 Å². The fourth-order valence-corrected chi connectivity index (χ4v) is 2.45. The molecule has 0 bridgehead atoms. The third kappa shape index (κ3) is 5.55. The quantitative estimate of drug-likeness (QED) is 0.798. The molecule has 0 saturated heterocycles. The second-order valence-electron chi connectivity index (χ2n) is 5.54. The van der Waals surface area contributed by atoms with Gasteiger partial charge in [-0.2, -0.15) is 0 Å². The molecule has 1 N–H and O–H groups in total. The molecule has 0 atom stereocenters. The van der Waals surface area contributed by atoms with E-state index in [1.54, 1.807) is 23.1 Å². The van der Waals surface area contributed by atoms with Crippen molar-refractivity contribution in [3.05, 3.63) is 64.7 Å². The number of carbonyl (C=O) groups is 1. The highest BCUT2D eigenvalue weighted by molar-refractivity contribution is 6.31. The van der Waals surface area contributed by atoms with Crippen molar-refractivity contribution in [3.63, 3.8) is 0 Å². The van der Waals surface area contributed by atoms with Crippen molar-refractivity contribution < 1.29 is 14.6 Å². The first-order valence-electron chi connectivity index (χ1n) is 7.91.